The molecule has 98 valence electrons. The highest BCUT2D eigenvalue weighted by atomic mass is 79.9. The van der Waals surface area contributed by atoms with Gasteiger partial charge in [-0.25, -0.2) is 0 Å². The van der Waals surface area contributed by atoms with E-state index in [1.165, 1.54) is 18.2 Å². The van der Waals surface area contributed by atoms with Gasteiger partial charge in [-0.2, -0.15) is 0 Å². The number of carbonyl (C=O) groups excluding carboxylic acids is 1. The van der Waals surface area contributed by atoms with Crippen LogP contribution in [0.5, 0.6) is 0 Å². The molecule has 0 aromatic heterocycles. The topological polar surface area (TPSA) is 98.3 Å². The Morgan fingerprint density at radius 3 is 2.72 bits per heavy atom. The number of non-ortho nitro benzene ring substituents is 1. The quantitative estimate of drug-likeness (QED) is 0.475. The van der Waals surface area contributed by atoms with E-state index in [2.05, 4.69) is 21.2 Å². The standard InChI is InChI=1S/C11H14BrN3O3/c12-10-7-8(15(17)18)3-4-9(10)11(16)14-6-2-1-5-13/h3-4,7H,1-2,5-6,13H2,(H,14,16). The predicted octanol–water partition coefficient (Wildman–Crippen LogP) is 1.83. The van der Waals surface area contributed by atoms with Crippen LogP contribution in [0.1, 0.15) is 23.2 Å². The minimum absolute atomic E-state index is 0.0541. The third-order valence-electron chi connectivity index (χ3n) is 2.32. The zero-order chi connectivity index (χ0) is 13.5. The molecule has 0 aliphatic rings. The number of nitro benzene ring substituents is 1. The summed E-state index contributed by atoms with van der Waals surface area (Å²) < 4.78 is 0.410. The number of hydrogen-bond acceptors (Lipinski definition) is 4. The zero-order valence-electron chi connectivity index (χ0n) is 9.69. The molecule has 0 radical (unpaired) electrons. The lowest BCUT2D eigenvalue weighted by atomic mass is 10.2. The molecule has 7 heteroatoms. The van der Waals surface area contributed by atoms with E-state index in [9.17, 15) is 14.9 Å². The Kier molecular flexibility index (Phi) is 5.73. The number of carbonyl (C=O) groups is 1. The Balaban J connectivity index is 2.66. The lowest BCUT2D eigenvalue weighted by molar-refractivity contribution is -0.384. The normalized spacial score (nSPS) is 10.1. The molecule has 1 aromatic rings. The number of nitrogens with two attached hydrogens (primary N) is 1. The van der Waals surface area contributed by atoms with Crippen LogP contribution in [0.15, 0.2) is 22.7 Å². The summed E-state index contributed by atoms with van der Waals surface area (Å²) in [4.78, 5) is 21.8. The Morgan fingerprint density at radius 2 is 2.17 bits per heavy atom. The zero-order valence-corrected chi connectivity index (χ0v) is 11.3. The van der Waals surface area contributed by atoms with Gasteiger partial charge in [-0.15, -0.1) is 0 Å². The van der Waals surface area contributed by atoms with Gasteiger partial charge in [-0.05, 0) is 41.4 Å². The summed E-state index contributed by atoms with van der Waals surface area (Å²) in [5.74, 6) is -0.256. The van der Waals surface area contributed by atoms with Crippen LogP contribution in [0, 0.1) is 10.1 Å². The molecule has 1 amide bonds. The summed E-state index contributed by atoms with van der Waals surface area (Å²) in [5, 5.41) is 13.3. The average molecular weight is 316 g/mol. The highest BCUT2D eigenvalue weighted by molar-refractivity contribution is 9.10. The smallest absolute Gasteiger partial charge is 0.270 e. The Labute approximate surface area is 113 Å². The van der Waals surface area contributed by atoms with Crippen molar-refractivity contribution < 1.29 is 9.72 Å². The van der Waals surface area contributed by atoms with Crippen LogP contribution < -0.4 is 11.1 Å². The molecule has 0 aliphatic carbocycles. The molecular formula is C11H14BrN3O3. The molecule has 0 fully saturated rings. The maximum absolute atomic E-state index is 11.8. The van der Waals surface area contributed by atoms with Crippen molar-refractivity contribution in [2.24, 2.45) is 5.73 Å². The van der Waals surface area contributed by atoms with Crippen molar-refractivity contribution in [1.82, 2.24) is 5.32 Å². The van der Waals surface area contributed by atoms with Crippen LogP contribution in [0.2, 0.25) is 0 Å². The predicted molar refractivity (Wildman–Crippen MR) is 71.4 cm³/mol. The van der Waals surface area contributed by atoms with Gasteiger partial charge in [0.05, 0.1) is 10.5 Å². The molecule has 18 heavy (non-hydrogen) atoms. The number of benzene rings is 1. The number of unbranched alkanes of at least 4 members (excludes halogenated alkanes) is 1. The van der Waals surface area contributed by atoms with Gasteiger partial charge in [0.2, 0.25) is 0 Å². The minimum Gasteiger partial charge on any atom is -0.352 e. The molecule has 0 aliphatic heterocycles. The van der Waals surface area contributed by atoms with E-state index in [-0.39, 0.29) is 11.6 Å². The van der Waals surface area contributed by atoms with Gasteiger partial charge in [0.25, 0.3) is 11.6 Å². The summed E-state index contributed by atoms with van der Waals surface area (Å²) in [5.41, 5.74) is 5.67. The number of nitrogens with zero attached hydrogens (tertiary/aromatic N) is 1. The summed E-state index contributed by atoms with van der Waals surface area (Å²) in [7, 11) is 0. The minimum atomic E-state index is -0.506. The monoisotopic (exact) mass is 315 g/mol. The van der Waals surface area contributed by atoms with Crippen LogP contribution >= 0.6 is 15.9 Å². The van der Waals surface area contributed by atoms with Gasteiger partial charge in [-0.3, -0.25) is 14.9 Å². The van der Waals surface area contributed by atoms with Gasteiger partial charge < -0.3 is 11.1 Å². The van der Waals surface area contributed by atoms with Crippen molar-refractivity contribution in [3.63, 3.8) is 0 Å². The number of halogens is 1. The first-order valence-electron chi connectivity index (χ1n) is 5.48. The van der Waals surface area contributed by atoms with Crippen LogP contribution in [0.4, 0.5) is 5.69 Å². The van der Waals surface area contributed by atoms with Crippen molar-refractivity contribution >= 4 is 27.5 Å². The van der Waals surface area contributed by atoms with E-state index in [0.717, 1.165) is 12.8 Å². The van der Waals surface area contributed by atoms with Crippen molar-refractivity contribution in [3.05, 3.63) is 38.3 Å². The second-order valence-electron chi connectivity index (χ2n) is 3.67. The number of rotatable bonds is 6. The fourth-order valence-electron chi connectivity index (χ4n) is 1.37. The van der Waals surface area contributed by atoms with Crippen molar-refractivity contribution in [3.8, 4) is 0 Å². The summed E-state index contributed by atoms with van der Waals surface area (Å²) in [6.07, 6.45) is 1.66. The Morgan fingerprint density at radius 1 is 1.44 bits per heavy atom. The van der Waals surface area contributed by atoms with Gasteiger partial charge in [0.1, 0.15) is 0 Å². The first kappa shape index (κ1) is 14.6. The summed E-state index contributed by atoms with van der Waals surface area (Å²) >= 11 is 3.15. The molecule has 0 unspecified atom stereocenters. The molecule has 0 saturated carbocycles. The Bertz CT molecular complexity index is 451. The average Bonchev–Trinajstić information content (AvgIpc) is 2.34. The highest BCUT2D eigenvalue weighted by Gasteiger charge is 2.13. The van der Waals surface area contributed by atoms with E-state index in [0.29, 0.717) is 23.1 Å². The number of nitro groups is 1. The third-order valence-corrected chi connectivity index (χ3v) is 2.98. The largest absolute Gasteiger partial charge is 0.352 e. The summed E-state index contributed by atoms with van der Waals surface area (Å²) in [6.45, 7) is 1.14. The van der Waals surface area contributed by atoms with Crippen molar-refractivity contribution in [1.29, 1.82) is 0 Å². The third kappa shape index (κ3) is 4.08. The second-order valence-corrected chi connectivity index (χ2v) is 4.53. The van der Waals surface area contributed by atoms with Crippen LogP contribution in [0.25, 0.3) is 0 Å². The molecular weight excluding hydrogens is 302 g/mol. The highest BCUT2D eigenvalue weighted by Crippen LogP contribution is 2.22. The van der Waals surface area contributed by atoms with E-state index in [1.54, 1.807) is 0 Å². The fourth-order valence-corrected chi connectivity index (χ4v) is 1.91. The van der Waals surface area contributed by atoms with Crippen LogP contribution in [-0.4, -0.2) is 23.9 Å². The second kappa shape index (κ2) is 7.07. The lowest BCUT2D eigenvalue weighted by Gasteiger charge is -2.06. The van der Waals surface area contributed by atoms with Gasteiger partial charge >= 0.3 is 0 Å². The van der Waals surface area contributed by atoms with E-state index >= 15 is 0 Å². The lowest BCUT2D eigenvalue weighted by Crippen LogP contribution is -2.25. The first-order chi connectivity index (χ1) is 8.56. The molecule has 0 saturated heterocycles. The maximum Gasteiger partial charge on any atom is 0.270 e. The van der Waals surface area contributed by atoms with Crippen molar-refractivity contribution in [2.45, 2.75) is 12.8 Å². The molecule has 1 aromatic carbocycles. The van der Waals surface area contributed by atoms with Gasteiger partial charge in [0.15, 0.2) is 0 Å². The summed E-state index contributed by atoms with van der Waals surface area (Å²) in [6, 6.07) is 4.05. The molecule has 0 atom stereocenters. The van der Waals surface area contributed by atoms with E-state index in [1.807, 2.05) is 0 Å². The van der Waals surface area contributed by atoms with Crippen molar-refractivity contribution in [2.75, 3.05) is 13.1 Å². The molecule has 1 rings (SSSR count). The molecule has 0 bridgehead atoms. The number of hydrogen-bond donors (Lipinski definition) is 2. The molecule has 6 nitrogen and oxygen atoms in total. The van der Waals surface area contributed by atoms with E-state index < -0.39 is 4.92 Å². The maximum atomic E-state index is 11.8. The number of amides is 1. The van der Waals surface area contributed by atoms with Gasteiger partial charge in [-0.1, -0.05) is 0 Å². The van der Waals surface area contributed by atoms with Crippen LogP contribution in [-0.2, 0) is 0 Å². The molecule has 0 spiro atoms. The Hall–Kier alpha value is -1.47. The van der Waals surface area contributed by atoms with E-state index in [4.69, 9.17) is 5.73 Å². The molecule has 3 N–H and O–H groups in total. The number of nitrogens with one attached hydrogen (secondary N) is 1. The fraction of sp³-hybridized carbons (Fsp3) is 0.364. The van der Waals surface area contributed by atoms with Gasteiger partial charge in [0, 0.05) is 23.2 Å². The molecule has 0 heterocycles. The first-order valence-corrected chi connectivity index (χ1v) is 6.27. The van der Waals surface area contributed by atoms with Crippen LogP contribution in [0.3, 0.4) is 0 Å². The SMILES string of the molecule is NCCCCNC(=O)c1ccc([N+](=O)[O-])cc1Br.